The lowest BCUT2D eigenvalue weighted by atomic mass is 9.96. The Morgan fingerprint density at radius 1 is 0.485 bits per heavy atom. The van der Waals surface area contributed by atoms with Crippen molar-refractivity contribution in [1.82, 2.24) is 38.8 Å². The number of hydrogen-bond acceptors (Lipinski definition) is 19. The molecule has 0 amide bonds. The van der Waals surface area contributed by atoms with Gasteiger partial charge in [0.1, 0.15) is 5.15 Å². The number of pyridine rings is 3. The van der Waals surface area contributed by atoms with E-state index in [1.54, 1.807) is 6.20 Å². The number of benzene rings is 4. The van der Waals surface area contributed by atoms with Gasteiger partial charge in [0.25, 0.3) is 0 Å². The fraction of sp³-hybridized carbons (Fsp3) is 0.392. The molecular weight excluding hydrogens is 1360 g/mol. The lowest BCUT2D eigenvalue weighted by Gasteiger charge is -2.32. The van der Waals surface area contributed by atoms with Crippen LogP contribution < -0.4 is 9.80 Å². The number of morpholine rings is 3. The fourth-order valence-corrected chi connectivity index (χ4v) is 14.4. The van der Waals surface area contributed by atoms with E-state index in [0.717, 1.165) is 207 Å². The van der Waals surface area contributed by atoms with E-state index in [2.05, 4.69) is 172 Å². The number of nitrogens with zero attached hydrogens (tertiary/aromatic N) is 10. The second kappa shape index (κ2) is 39.9. The first-order valence-electron chi connectivity index (χ1n) is 34.8. The SMILES string of the molecule is C.CCOC(=O)C1CCN(c2ccc(-c3nccc4c3C=C(CN3CCOCC3)C4)cc2)CC1.CCOC(=O)C1CCN(c2ccc(-c3nccc4c3cc(CN3CCOCC3)n4-c3ccccc3)cc2)CC1.Clc1nccc2c1cc(CN1CCOCC1)n2-c1ccccc1.O=S=O.O=S=O.[CH3-]. The van der Waals surface area contributed by atoms with Crippen LogP contribution in [-0.2, 0) is 75.9 Å². The molecule has 0 unspecified atom stereocenters. The molecule has 0 saturated carbocycles. The number of anilines is 2. The van der Waals surface area contributed by atoms with Crippen molar-refractivity contribution >= 4 is 85.9 Å². The van der Waals surface area contributed by atoms with Gasteiger partial charge >= 0.3 is 35.1 Å². The van der Waals surface area contributed by atoms with Gasteiger partial charge in [-0.25, -0.2) is 4.98 Å². The van der Waals surface area contributed by atoms with Gasteiger partial charge in [-0.05, 0) is 130 Å². The maximum absolute atomic E-state index is 12.1. The summed E-state index contributed by atoms with van der Waals surface area (Å²) in [5, 5.41) is 2.72. The van der Waals surface area contributed by atoms with E-state index in [-0.39, 0.29) is 38.6 Å². The average Bonchev–Trinajstić information content (AvgIpc) is 1.64. The fourth-order valence-electron chi connectivity index (χ4n) is 14.2. The van der Waals surface area contributed by atoms with Gasteiger partial charge in [-0.3, -0.25) is 34.3 Å². The third kappa shape index (κ3) is 20.4. The van der Waals surface area contributed by atoms with E-state index in [0.29, 0.717) is 18.4 Å². The summed E-state index contributed by atoms with van der Waals surface area (Å²) in [6, 6.07) is 49.2. The summed E-state index contributed by atoms with van der Waals surface area (Å²) in [6.45, 7) is 21.6. The Labute approximate surface area is 616 Å². The van der Waals surface area contributed by atoms with Gasteiger partial charge < -0.3 is 50.0 Å². The minimum Gasteiger partial charge on any atom is -0.466 e. The van der Waals surface area contributed by atoms with Crippen LogP contribution >= 0.6 is 11.6 Å². The number of fused-ring (bicyclic) bond motifs is 3. The number of carbonyl (C=O) groups excluding carboxylic acids is 2. The average molecular weight is 1460 g/mol. The molecule has 0 spiro atoms. The van der Waals surface area contributed by atoms with Gasteiger partial charge in [0.05, 0.1) is 87.1 Å². The number of para-hydroxylation sites is 2. The first-order valence-corrected chi connectivity index (χ1v) is 36.5. The van der Waals surface area contributed by atoms with Crippen LogP contribution in [0, 0.1) is 19.3 Å². The molecule has 0 radical (unpaired) electrons. The van der Waals surface area contributed by atoms with Crippen molar-refractivity contribution in [3.8, 4) is 33.9 Å². The van der Waals surface area contributed by atoms with Crippen LogP contribution in [0.15, 0.2) is 164 Å². The molecule has 5 saturated heterocycles. The lowest BCUT2D eigenvalue weighted by molar-refractivity contribution is -0.149. The molecule has 1 aliphatic carbocycles. The number of carbonyl (C=O) groups is 2. The zero-order chi connectivity index (χ0) is 70.3. The summed E-state index contributed by atoms with van der Waals surface area (Å²) in [5.74, 6) is -0.0442. The molecule has 0 bridgehead atoms. The van der Waals surface area contributed by atoms with Crippen LogP contribution in [0.25, 0.3) is 61.8 Å². The van der Waals surface area contributed by atoms with Crippen molar-refractivity contribution in [3.05, 3.63) is 199 Å². The number of piperidine rings is 2. The van der Waals surface area contributed by atoms with E-state index in [4.69, 9.17) is 62.1 Å². The van der Waals surface area contributed by atoms with Crippen molar-refractivity contribution in [3.63, 3.8) is 0 Å². The van der Waals surface area contributed by atoms with E-state index >= 15 is 0 Å². The van der Waals surface area contributed by atoms with Crippen LogP contribution in [0.2, 0.25) is 5.15 Å². The van der Waals surface area contributed by atoms with Crippen LogP contribution in [0.3, 0.4) is 0 Å². The smallest absolute Gasteiger partial charge is 0.335 e. The molecule has 15 rings (SSSR count). The number of rotatable bonds is 16. The van der Waals surface area contributed by atoms with Crippen LogP contribution in [0.4, 0.5) is 11.4 Å². The minimum absolute atomic E-state index is 0. The Bertz CT molecular complexity index is 4260. The van der Waals surface area contributed by atoms with Gasteiger partial charge in [-0.1, -0.05) is 91.3 Å². The number of esters is 2. The predicted octanol–water partition coefficient (Wildman–Crippen LogP) is 12.4. The highest BCUT2D eigenvalue weighted by Gasteiger charge is 2.29. The topological polar surface area (TPSA) is 213 Å². The lowest BCUT2D eigenvalue weighted by Crippen LogP contribution is -2.37. The Balaban J connectivity index is 0.000000175. The maximum Gasteiger partial charge on any atom is 0.335 e. The number of ether oxygens (including phenoxy) is 5. The molecule has 10 heterocycles. The molecule has 24 heteroatoms. The van der Waals surface area contributed by atoms with E-state index < -0.39 is 23.1 Å². The second-order valence-electron chi connectivity index (χ2n) is 25.4. The van der Waals surface area contributed by atoms with Crippen molar-refractivity contribution in [2.45, 2.75) is 66.5 Å². The zero-order valence-electron chi connectivity index (χ0n) is 58.3. The summed E-state index contributed by atoms with van der Waals surface area (Å²) >= 11 is 4.81. The Morgan fingerprint density at radius 3 is 1.32 bits per heavy atom. The normalized spacial score (nSPS) is 16.4. The van der Waals surface area contributed by atoms with Gasteiger partial charge in [0.2, 0.25) is 0 Å². The minimum atomic E-state index is -0.750. The largest absolute Gasteiger partial charge is 0.466 e. The number of halogens is 1. The third-order valence-electron chi connectivity index (χ3n) is 19.2. The molecule has 21 nitrogen and oxygen atoms in total. The first-order chi connectivity index (χ1) is 49.6. The maximum atomic E-state index is 12.1. The highest BCUT2D eigenvalue weighted by atomic mass is 35.5. The monoisotopic (exact) mass is 1460 g/mol. The molecule has 5 aromatic heterocycles. The molecule has 103 heavy (non-hydrogen) atoms. The van der Waals surface area contributed by atoms with Crippen LogP contribution in [0.5, 0.6) is 0 Å². The zero-order valence-corrected chi connectivity index (χ0v) is 60.7. The summed E-state index contributed by atoms with van der Waals surface area (Å²) in [5.41, 5.74) is 17.9. The second-order valence-corrected chi connectivity index (χ2v) is 26.0. The molecule has 9 aromatic rings. The summed E-state index contributed by atoms with van der Waals surface area (Å²) in [4.78, 5) is 50.0. The molecule has 546 valence electrons. The molecule has 0 atom stereocenters. The highest BCUT2D eigenvalue weighted by molar-refractivity contribution is 7.52. The Morgan fingerprint density at radius 2 is 0.874 bits per heavy atom. The highest BCUT2D eigenvalue weighted by Crippen LogP contribution is 2.37. The Kier molecular flexibility index (Phi) is 30.4. The summed E-state index contributed by atoms with van der Waals surface area (Å²) < 4.78 is 64.8. The van der Waals surface area contributed by atoms with Gasteiger partial charge in [0, 0.05) is 165 Å². The number of hydrogen-bond donors (Lipinski definition) is 0. The Hall–Kier alpha value is -8.62. The molecule has 0 N–H and O–H groups in total. The van der Waals surface area contributed by atoms with Crippen LogP contribution in [-0.4, -0.2) is 192 Å². The summed E-state index contributed by atoms with van der Waals surface area (Å²) in [7, 11) is 0. The van der Waals surface area contributed by atoms with Crippen LogP contribution in [0.1, 0.15) is 69.5 Å². The molecule has 5 fully saturated rings. The third-order valence-corrected chi connectivity index (χ3v) is 19.5. The molecule has 5 aliphatic heterocycles. The van der Waals surface area contributed by atoms with Crippen molar-refractivity contribution in [1.29, 1.82) is 0 Å². The van der Waals surface area contributed by atoms with Gasteiger partial charge in [0.15, 0.2) is 0 Å². The molecular formula is C79H94ClN10O11S2-. The van der Waals surface area contributed by atoms with E-state index in [1.807, 2.05) is 38.4 Å². The van der Waals surface area contributed by atoms with Gasteiger partial charge in [-0.15, -0.1) is 0 Å². The first kappa shape index (κ1) is 78.5. The quantitative estimate of drug-likeness (QED) is 0.0499. The van der Waals surface area contributed by atoms with Crippen molar-refractivity contribution in [2.75, 3.05) is 135 Å². The molecule has 6 aliphatic rings. The predicted molar refractivity (Wildman–Crippen MR) is 408 cm³/mol. The molecule has 4 aromatic carbocycles. The summed E-state index contributed by atoms with van der Waals surface area (Å²) in [6.07, 6.45) is 12.4. The van der Waals surface area contributed by atoms with Crippen molar-refractivity contribution < 1.29 is 50.1 Å². The number of aromatic nitrogens is 5. The standard InChI is InChI=1S/C32H36N4O3.C27H33N3O3.C18H18ClN3O.CH4.CH3.2O2S/c1-2-39-32(37)25-13-16-35(17-14-25)26-10-8-24(9-11-26)31-29-22-28(23-34-18-20-38-21-19-34)36(30(29)12-15-33-31)27-6-4-3-5-7-27;1-2-33-27(31)22-8-11-30(12-9-22)24-5-3-21(4-6-24)26-25-18-20(17-23(25)7-10-28-26)19-29-13-15-32-16-14-29;19-18-16-12-15(13-21-8-10-23-11-9-21)22(17(16)6-7-20-18)14-4-2-1-3-5-14;;;2*1-3-2/h3-12,15,22,25H,2,13-14,16-21,23H2,1H3;3-7,10,18,22H,2,8-9,11-17,19H2,1H3;1-7,12H,8-11,13H2;1H4;1H3;;/q;;;;-1;;. The van der Waals surface area contributed by atoms with Crippen molar-refractivity contribution in [2.24, 2.45) is 11.8 Å². The van der Waals surface area contributed by atoms with E-state index in [1.165, 1.54) is 45.0 Å². The van der Waals surface area contributed by atoms with E-state index in [9.17, 15) is 9.59 Å². The van der Waals surface area contributed by atoms with Gasteiger partial charge in [-0.2, -0.15) is 16.8 Å².